The SMILES string of the molecule is CN1Cc2c(C3=CCN([C@H]4CC[C@@H](CC(=O)O)CC4)CC3)[nH]c3nccc(c23)-c2ccccc21. The van der Waals surface area contributed by atoms with E-state index in [9.17, 15) is 4.79 Å². The summed E-state index contributed by atoms with van der Waals surface area (Å²) in [6.45, 7) is 2.89. The van der Waals surface area contributed by atoms with Gasteiger partial charge in [-0.05, 0) is 61.3 Å². The number of H-pyrrole nitrogens is 1. The number of aromatic amines is 1. The van der Waals surface area contributed by atoms with Crippen LogP contribution in [0.15, 0.2) is 42.6 Å². The van der Waals surface area contributed by atoms with E-state index in [0.717, 1.165) is 57.4 Å². The molecule has 0 atom stereocenters. The molecule has 6 nitrogen and oxygen atoms in total. The van der Waals surface area contributed by atoms with Crippen molar-refractivity contribution in [2.45, 2.75) is 51.1 Å². The third-order valence-electron chi connectivity index (χ3n) is 8.16. The van der Waals surface area contributed by atoms with E-state index in [0.29, 0.717) is 18.4 Å². The molecule has 4 heterocycles. The molecule has 6 heteroatoms. The Bertz CT molecular complexity index is 1270. The quantitative estimate of drug-likeness (QED) is 0.557. The molecule has 3 aliphatic rings. The molecule has 0 saturated heterocycles. The highest BCUT2D eigenvalue weighted by atomic mass is 16.4. The number of fused-ring (bicyclic) bond motifs is 2. The Labute approximate surface area is 200 Å². The number of hydrogen-bond donors (Lipinski definition) is 2. The highest BCUT2D eigenvalue weighted by Gasteiger charge is 2.30. The van der Waals surface area contributed by atoms with Gasteiger partial charge >= 0.3 is 5.97 Å². The summed E-state index contributed by atoms with van der Waals surface area (Å²) in [5.74, 6) is -0.297. The van der Waals surface area contributed by atoms with Gasteiger partial charge in [-0.3, -0.25) is 9.69 Å². The van der Waals surface area contributed by atoms with Gasteiger partial charge in [0.05, 0.1) is 0 Å². The van der Waals surface area contributed by atoms with E-state index in [2.05, 4.69) is 58.2 Å². The molecule has 2 aromatic heterocycles. The molecule has 0 unspecified atom stereocenters. The predicted molar refractivity (Wildman–Crippen MR) is 136 cm³/mol. The van der Waals surface area contributed by atoms with E-state index in [1.54, 1.807) is 0 Å². The van der Waals surface area contributed by atoms with Crippen molar-refractivity contribution >= 4 is 28.3 Å². The van der Waals surface area contributed by atoms with Crippen molar-refractivity contribution in [3.63, 3.8) is 0 Å². The Morgan fingerprint density at radius 2 is 1.97 bits per heavy atom. The molecule has 1 fully saturated rings. The number of nitrogens with one attached hydrogen (secondary N) is 1. The van der Waals surface area contributed by atoms with Gasteiger partial charge < -0.3 is 15.0 Å². The Morgan fingerprint density at radius 1 is 1.15 bits per heavy atom. The second kappa shape index (κ2) is 8.58. The maximum Gasteiger partial charge on any atom is 0.303 e. The summed E-state index contributed by atoms with van der Waals surface area (Å²) in [7, 11) is 2.18. The number of benzene rings is 1. The smallest absolute Gasteiger partial charge is 0.303 e. The average Bonchev–Trinajstić information content (AvgIpc) is 3.16. The second-order valence-electron chi connectivity index (χ2n) is 10.2. The van der Waals surface area contributed by atoms with E-state index in [1.165, 1.54) is 39.0 Å². The number of anilines is 1. The molecular weight excluding hydrogens is 424 g/mol. The molecular formula is C28H32N4O2. The van der Waals surface area contributed by atoms with Gasteiger partial charge in [-0.25, -0.2) is 4.98 Å². The first-order valence-corrected chi connectivity index (χ1v) is 12.5. The lowest BCUT2D eigenvalue weighted by molar-refractivity contribution is -0.138. The van der Waals surface area contributed by atoms with Gasteiger partial charge in [0.15, 0.2) is 0 Å². The van der Waals surface area contributed by atoms with Crippen molar-refractivity contribution < 1.29 is 9.90 Å². The lowest BCUT2D eigenvalue weighted by Crippen LogP contribution is -2.40. The van der Waals surface area contributed by atoms with Crippen LogP contribution >= 0.6 is 0 Å². The fourth-order valence-corrected chi connectivity index (χ4v) is 6.40. The van der Waals surface area contributed by atoms with Crippen LogP contribution in [0.5, 0.6) is 0 Å². The first kappa shape index (κ1) is 21.4. The summed E-state index contributed by atoms with van der Waals surface area (Å²) in [5, 5.41) is 10.3. The van der Waals surface area contributed by atoms with Crippen molar-refractivity contribution in [3.8, 4) is 11.1 Å². The number of hydrogen-bond acceptors (Lipinski definition) is 4. The Kier molecular flexibility index (Phi) is 5.41. The van der Waals surface area contributed by atoms with Crippen LogP contribution in [0.25, 0.3) is 27.7 Å². The van der Waals surface area contributed by atoms with Crippen molar-refractivity contribution in [2.24, 2.45) is 5.92 Å². The zero-order valence-electron chi connectivity index (χ0n) is 19.8. The summed E-state index contributed by atoms with van der Waals surface area (Å²) in [6, 6.07) is 11.4. The molecule has 6 rings (SSSR count). The zero-order valence-corrected chi connectivity index (χ0v) is 19.8. The molecule has 176 valence electrons. The third kappa shape index (κ3) is 3.70. The van der Waals surface area contributed by atoms with Crippen LogP contribution in [0.2, 0.25) is 0 Å². The van der Waals surface area contributed by atoms with Crippen molar-refractivity contribution in [3.05, 3.63) is 53.9 Å². The zero-order chi connectivity index (χ0) is 23.2. The molecule has 34 heavy (non-hydrogen) atoms. The van der Waals surface area contributed by atoms with E-state index >= 15 is 0 Å². The summed E-state index contributed by atoms with van der Waals surface area (Å²) >= 11 is 0. The largest absolute Gasteiger partial charge is 0.481 e. The maximum absolute atomic E-state index is 11.0. The highest BCUT2D eigenvalue weighted by molar-refractivity contribution is 6.02. The first-order valence-electron chi connectivity index (χ1n) is 12.5. The number of carboxylic acids is 1. The van der Waals surface area contributed by atoms with Crippen LogP contribution in [0.4, 0.5) is 5.69 Å². The predicted octanol–water partition coefficient (Wildman–Crippen LogP) is 5.30. The summed E-state index contributed by atoms with van der Waals surface area (Å²) in [5.41, 5.74) is 8.77. The van der Waals surface area contributed by atoms with Gasteiger partial charge in [0.25, 0.3) is 0 Å². The molecule has 1 saturated carbocycles. The van der Waals surface area contributed by atoms with Gasteiger partial charge in [0, 0.05) is 73.2 Å². The molecule has 1 aromatic carbocycles. The number of pyridine rings is 1. The standard InChI is InChI=1S/C28H32N4O2/c1-31-17-23-26-22(21-4-2-3-5-24(21)31)10-13-29-28(26)30-27(23)19-11-14-32(15-12-19)20-8-6-18(7-9-20)16-25(33)34/h2-5,10-11,13,18,20H,6-9,12,14-17H2,1H3,(H,29,30)(H,33,34)/t18-,20+. The summed E-state index contributed by atoms with van der Waals surface area (Å²) in [6.07, 6.45) is 10.0. The fraction of sp³-hybridized carbons (Fsp3) is 0.429. The summed E-state index contributed by atoms with van der Waals surface area (Å²) in [4.78, 5) is 24.4. The van der Waals surface area contributed by atoms with E-state index < -0.39 is 5.97 Å². The number of carboxylic acid groups (broad SMARTS) is 1. The molecule has 1 aliphatic carbocycles. The van der Waals surface area contributed by atoms with Gasteiger partial charge in [-0.2, -0.15) is 0 Å². The topological polar surface area (TPSA) is 72.5 Å². The molecule has 0 bridgehead atoms. The summed E-state index contributed by atoms with van der Waals surface area (Å²) < 4.78 is 0. The molecule has 3 aromatic rings. The van der Waals surface area contributed by atoms with Gasteiger partial charge in [0.2, 0.25) is 0 Å². The normalized spacial score (nSPS) is 22.9. The van der Waals surface area contributed by atoms with Crippen LogP contribution in [-0.4, -0.2) is 52.1 Å². The lowest BCUT2D eigenvalue weighted by atomic mass is 9.83. The number of rotatable bonds is 4. The minimum atomic E-state index is -0.654. The number of para-hydroxylation sites is 1. The van der Waals surface area contributed by atoms with Crippen LogP contribution in [0.1, 0.15) is 49.8 Å². The monoisotopic (exact) mass is 456 g/mol. The average molecular weight is 457 g/mol. The molecule has 0 amide bonds. The van der Waals surface area contributed by atoms with Crippen LogP contribution in [-0.2, 0) is 11.3 Å². The van der Waals surface area contributed by atoms with E-state index in [4.69, 9.17) is 10.1 Å². The lowest BCUT2D eigenvalue weighted by Gasteiger charge is -2.38. The Hall–Kier alpha value is -3.12. The van der Waals surface area contributed by atoms with E-state index in [-0.39, 0.29) is 0 Å². The molecule has 2 N–H and O–H groups in total. The number of nitrogens with zero attached hydrogens (tertiary/aromatic N) is 3. The first-order chi connectivity index (χ1) is 16.6. The third-order valence-corrected chi connectivity index (χ3v) is 8.16. The number of aliphatic carboxylic acids is 1. The Balaban J connectivity index is 1.26. The minimum Gasteiger partial charge on any atom is -0.481 e. The fourth-order valence-electron chi connectivity index (χ4n) is 6.40. The van der Waals surface area contributed by atoms with Gasteiger partial charge in [-0.15, -0.1) is 0 Å². The second-order valence-corrected chi connectivity index (χ2v) is 10.2. The van der Waals surface area contributed by atoms with Gasteiger partial charge in [-0.1, -0.05) is 24.3 Å². The number of aromatic nitrogens is 2. The van der Waals surface area contributed by atoms with Gasteiger partial charge in [0.1, 0.15) is 5.65 Å². The number of carbonyl (C=O) groups is 1. The molecule has 2 aliphatic heterocycles. The Morgan fingerprint density at radius 3 is 2.74 bits per heavy atom. The van der Waals surface area contributed by atoms with Crippen molar-refractivity contribution in [2.75, 3.05) is 25.0 Å². The van der Waals surface area contributed by atoms with Crippen molar-refractivity contribution in [1.29, 1.82) is 0 Å². The molecule has 0 spiro atoms. The van der Waals surface area contributed by atoms with Crippen LogP contribution in [0.3, 0.4) is 0 Å². The van der Waals surface area contributed by atoms with Crippen LogP contribution in [0, 0.1) is 5.92 Å². The van der Waals surface area contributed by atoms with Crippen LogP contribution < -0.4 is 4.90 Å². The maximum atomic E-state index is 11.0. The van der Waals surface area contributed by atoms with Crippen molar-refractivity contribution in [1.82, 2.24) is 14.9 Å². The molecule has 0 radical (unpaired) electrons. The minimum absolute atomic E-state index is 0.328. The highest BCUT2D eigenvalue weighted by Crippen LogP contribution is 2.43. The van der Waals surface area contributed by atoms with E-state index in [1.807, 2.05) is 6.20 Å².